The lowest BCUT2D eigenvalue weighted by molar-refractivity contribution is -0.383. The van der Waals surface area contributed by atoms with E-state index in [4.69, 9.17) is 10.8 Å². The number of carboxylic acid groups (broad SMARTS) is 1. The summed E-state index contributed by atoms with van der Waals surface area (Å²) in [5, 5.41) is 19.9. The minimum Gasteiger partial charge on any atom is -0.480 e. The Morgan fingerprint density at radius 2 is 2.10 bits per heavy atom. The first-order chi connectivity index (χ1) is 9.81. The van der Waals surface area contributed by atoms with Gasteiger partial charge in [0.1, 0.15) is 11.7 Å². The highest BCUT2D eigenvalue weighted by atomic mass is 16.6. The number of aliphatic carboxylic acids is 1. The van der Waals surface area contributed by atoms with Gasteiger partial charge in [0.25, 0.3) is 11.6 Å². The fourth-order valence-electron chi connectivity index (χ4n) is 1.90. The summed E-state index contributed by atoms with van der Waals surface area (Å²) in [6, 6.07) is 2.84. The van der Waals surface area contributed by atoms with Gasteiger partial charge in [-0.25, -0.2) is 4.79 Å². The molecule has 0 aromatic heterocycles. The number of nitro benzene ring substituents is 1. The van der Waals surface area contributed by atoms with E-state index in [0.717, 1.165) is 4.90 Å². The Hall–Kier alpha value is -2.64. The van der Waals surface area contributed by atoms with Crippen LogP contribution in [0, 0.1) is 10.1 Å². The summed E-state index contributed by atoms with van der Waals surface area (Å²) in [5.41, 5.74) is 4.96. The van der Waals surface area contributed by atoms with Gasteiger partial charge in [-0.05, 0) is 19.4 Å². The van der Waals surface area contributed by atoms with Crippen LogP contribution in [0.1, 0.15) is 30.6 Å². The predicted octanol–water partition coefficient (Wildman–Crippen LogP) is 1.50. The predicted molar refractivity (Wildman–Crippen MR) is 75.9 cm³/mol. The number of hydrogen-bond donors (Lipinski definition) is 2. The van der Waals surface area contributed by atoms with Gasteiger partial charge >= 0.3 is 5.97 Å². The van der Waals surface area contributed by atoms with Crippen LogP contribution in [0.25, 0.3) is 0 Å². The van der Waals surface area contributed by atoms with Crippen molar-refractivity contribution >= 4 is 23.3 Å². The minimum atomic E-state index is -1.15. The fraction of sp³-hybridized carbons (Fsp3) is 0.385. The number of nitro groups is 1. The molecule has 0 fully saturated rings. The van der Waals surface area contributed by atoms with Gasteiger partial charge in [0.2, 0.25) is 0 Å². The van der Waals surface area contributed by atoms with E-state index in [1.807, 2.05) is 0 Å². The summed E-state index contributed by atoms with van der Waals surface area (Å²) in [6.45, 7) is 3.39. The van der Waals surface area contributed by atoms with Crippen LogP contribution >= 0.6 is 0 Å². The van der Waals surface area contributed by atoms with Gasteiger partial charge in [0, 0.05) is 12.6 Å². The zero-order chi connectivity index (χ0) is 16.2. The van der Waals surface area contributed by atoms with Crippen molar-refractivity contribution in [1.82, 2.24) is 4.90 Å². The van der Waals surface area contributed by atoms with E-state index in [0.29, 0.717) is 6.42 Å². The molecule has 0 saturated carbocycles. The normalized spacial score (nSPS) is 11.7. The van der Waals surface area contributed by atoms with Gasteiger partial charge in [0.15, 0.2) is 0 Å². The molecule has 8 nitrogen and oxygen atoms in total. The monoisotopic (exact) mass is 295 g/mol. The maximum atomic E-state index is 12.4. The summed E-state index contributed by atoms with van der Waals surface area (Å²) < 4.78 is 0. The molecule has 1 aromatic carbocycles. The Kier molecular flexibility index (Phi) is 5.23. The van der Waals surface area contributed by atoms with Gasteiger partial charge in [0.05, 0.1) is 10.5 Å². The molecule has 114 valence electrons. The minimum absolute atomic E-state index is 0.0641. The molecular formula is C13H17N3O5. The molecule has 0 aliphatic carbocycles. The van der Waals surface area contributed by atoms with Crippen molar-refractivity contribution < 1.29 is 19.6 Å². The first-order valence-electron chi connectivity index (χ1n) is 6.37. The third-order valence-electron chi connectivity index (χ3n) is 3.06. The highest BCUT2D eigenvalue weighted by molar-refractivity contribution is 6.02. The lowest BCUT2D eigenvalue weighted by Gasteiger charge is -2.26. The molecule has 0 heterocycles. The molecule has 21 heavy (non-hydrogen) atoms. The first kappa shape index (κ1) is 16.4. The van der Waals surface area contributed by atoms with E-state index in [-0.39, 0.29) is 23.5 Å². The molecular weight excluding hydrogens is 278 g/mol. The van der Waals surface area contributed by atoms with Crippen LogP contribution in [0.2, 0.25) is 0 Å². The third kappa shape index (κ3) is 3.47. The van der Waals surface area contributed by atoms with Crippen molar-refractivity contribution in [3.8, 4) is 0 Å². The van der Waals surface area contributed by atoms with Crippen molar-refractivity contribution in [2.75, 3.05) is 12.3 Å². The Bertz CT molecular complexity index is 573. The van der Waals surface area contributed by atoms with Crippen molar-refractivity contribution in [2.45, 2.75) is 26.3 Å². The van der Waals surface area contributed by atoms with Gasteiger partial charge in [-0.1, -0.05) is 13.0 Å². The van der Waals surface area contributed by atoms with Crippen molar-refractivity contribution in [1.29, 1.82) is 0 Å². The van der Waals surface area contributed by atoms with Crippen LogP contribution in [0.5, 0.6) is 0 Å². The average Bonchev–Trinajstić information content (AvgIpc) is 2.43. The molecule has 0 spiro atoms. The average molecular weight is 295 g/mol. The maximum absolute atomic E-state index is 12.4. The van der Waals surface area contributed by atoms with Gasteiger partial charge in [-0.2, -0.15) is 0 Å². The second-order valence-corrected chi connectivity index (χ2v) is 4.51. The zero-order valence-corrected chi connectivity index (χ0v) is 11.8. The maximum Gasteiger partial charge on any atom is 0.326 e. The number of benzene rings is 1. The molecule has 1 aromatic rings. The Labute approximate surface area is 121 Å². The highest BCUT2D eigenvalue weighted by Gasteiger charge is 2.28. The number of hydrogen-bond acceptors (Lipinski definition) is 5. The molecule has 1 atom stereocenters. The molecule has 3 N–H and O–H groups in total. The summed E-state index contributed by atoms with van der Waals surface area (Å²) in [7, 11) is 0. The molecule has 0 unspecified atom stereocenters. The molecule has 0 radical (unpaired) electrons. The van der Waals surface area contributed by atoms with E-state index in [1.54, 1.807) is 6.92 Å². The van der Waals surface area contributed by atoms with E-state index < -0.39 is 22.8 Å². The van der Waals surface area contributed by atoms with Crippen LogP contribution in [0.3, 0.4) is 0 Å². The van der Waals surface area contributed by atoms with E-state index in [9.17, 15) is 19.7 Å². The van der Waals surface area contributed by atoms with Crippen molar-refractivity contribution in [3.63, 3.8) is 0 Å². The van der Waals surface area contributed by atoms with Crippen molar-refractivity contribution in [2.24, 2.45) is 0 Å². The van der Waals surface area contributed by atoms with E-state index in [2.05, 4.69) is 0 Å². The second-order valence-electron chi connectivity index (χ2n) is 4.51. The van der Waals surface area contributed by atoms with Crippen LogP contribution in [0.4, 0.5) is 11.4 Å². The number of nitrogens with zero attached hydrogens (tertiary/aromatic N) is 2. The van der Waals surface area contributed by atoms with Gasteiger partial charge in [-0.15, -0.1) is 0 Å². The molecule has 0 saturated heterocycles. The summed E-state index contributed by atoms with van der Waals surface area (Å²) in [5.74, 6) is -1.78. The third-order valence-corrected chi connectivity index (χ3v) is 3.06. The number of anilines is 1. The van der Waals surface area contributed by atoms with Crippen molar-refractivity contribution in [3.05, 3.63) is 33.9 Å². The number of carbonyl (C=O) groups excluding carboxylic acids is 1. The first-order valence-corrected chi connectivity index (χ1v) is 6.37. The quantitative estimate of drug-likeness (QED) is 0.465. The Morgan fingerprint density at radius 3 is 2.57 bits per heavy atom. The number of nitrogen functional groups attached to an aromatic ring is 1. The number of amides is 1. The standard InChI is InChI=1S/C13H17N3O5/c1-3-7-15(8(2)13(18)19)12(17)9-5-4-6-10(11(9)14)16(20)21/h4-6,8H,3,7,14H2,1-2H3,(H,18,19)/t8-/m0/s1. The van der Waals surface area contributed by atoms with E-state index in [1.165, 1.54) is 25.1 Å². The summed E-state index contributed by atoms with van der Waals surface area (Å²) in [4.78, 5) is 34.8. The number of carboxylic acids is 1. The van der Waals surface area contributed by atoms with Crippen LogP contribution in [-0.4, -0.2) is 39.4 Å². The van der Waals surface area contributed by atoms with Crippen LogP contribution in [0.15, 0.2) is 18.2 Å². The van der Waals surface area contributed by atoms with Gasteiger partial charge in [-0.3, -0.25) is 14.9 Å². The van der Waals surface area contributed by atoms with E-state index >= 15 is 0 Å². The molecule has 1 rings (SSSR count). The molecule has 0 aliphatic heterocycles. The van der Waals surface area contributed by atoms with Crippen LogP contribution in [-0.2, 0) is 4.79 Å². The van der Waals surface area contributed by atoms with Crippen LogP contribution < -0.4 is 5.73 Å². The fourth-order valence-corrected chi connectivity index (χ4v) is 1.90. The van der Waals surface area contributed by atoms with Gasteiger partial charge < -0.3 is 15.7 Å². The smallest absolute Gasteiger partial charge is 0.326 e. The largest absolute Gasteiger partial charge is 0.480 e. The number of rotatable bonds is 6. The zero-order valence-electron chi connectivity index (χ0n) is 11.8. The summed E-state index contributed by atoms with van der Waals surface area (Å²) >= 11 is 0. The molecule has 8 heteroatoms. The lowest BCUT2D eigenvalue weighted by atomic mass is 10.1. The Morgan fingerprint density at radius 1 is 1.48 bits per heavy atom. The number of carbonyl (C=O) groups is 2. The lowest BCUT2D eigenvalue weighted by Crippen LogP contribution is -2.43. The second kappa shape index (κ2) is 6.69. The summed E-state index contributed by atoms with van der Waals surface area (Å²) in [6.07, 6.45) is 0.554. The number of para-hydroxylation sites is 1. The SMILES string of the molecule is CCCN(C(=O)c1cccc([N+](=O)[O-])c1N)[C@@H](C)C(=O)O. The Balaban J connectivity index is 3.24. The molecule has 0 bridgehead atoms. The highest BCUT2D eigenvalue weighted by Crippen LogP contribution is 2.26. The topological polar surface area (TPSA) is 127 Å². The molecule has 0 aliphatic rings. The molecule has 1 amide bonds. The number of nitrogens with two attached hydrogens (primary N) is 1.